The Kier molecular flexibility index (Phi) is 4.37. The molecule has 3 N–H and O–H groups in total. The van der Waals surface area contributed by atoms with Crippen molar-refractivity contribution in [2.75, 3.05) is 11.9 Å². The summed E-state index contributed by atoms with van der Waals surface area (Å²) < 4.78 is 0. The molecule has 1 amide bonds. The van der Waals surface area contributed by atoms with Crippen molar-refractivity contribution in [2.24, 2.45) is 0 Å². The summed E-state index contributed by atoms with van der Waals surface area (Å²) in [4.78, 5) is 11.6. The van der Waals surface area contributed by atoms with E-state index in [1.807, 2.05) is 20.8 Å². The van der Waals surface area contributed by atoms with E-state index >= 15 is 0 Å². The molecule has 1 aromatic carbocycles. The average molecular weight is 257 g/mol. The first-order valence-corrected chi connectivity index (χ1v) is 5.69. The van der Waals surface area contributed by atoms with Crippen LogP contribution in [0.3, 0.4) is 0 Å². The summed E-state index contributed by atoms with van der Waals surface area (Å²) in [5, 5.41) is 15.2. The molecular weight excluding hydrogens is 240 g/mol. The smallest absolute Gasteiger partial charge is 0.238 e. The minimum atomic E-state index is -0.151. The lowest BCUT2D eigenvalue weighted by Gasteiger charge is -2.20. The number of hydrogen-bond donors (Lipinski definition) is 3. The zero-order chi connectivity index (χ0) is 13.1. The van der Waals surface area contributed by atoms with E-state index in [4.69, 9.17) is 11.6 Å². The zero-order valence-corrected chi connectivity index (χ0v) is 10.9. The first-order chi connectivity index (χ1) is 7.78. The summed E-state index contributed by atoms with van der Waals surface area (Å²) in [5.41, 5.74) is 0.456. The predicted octanol–water partition coefficient (Wildman–Crippen LogP) is 2.37. The van der Waals surface area contributed by atoms with Gasteiger partial charge in [0.25, 0.3) is 0 Å². The van der Waals surface area contributed by atoms with Crippen LogP contribution in [0, 0.1) is 0 Å². The number of halogens is 1. The second kappa shape index (κ2) is 5.38. The first-order valence-electron chi connectivity index (χ1n) is 5.31. The molecular formula is C12H17ClN2O2. The van der Waals surface area contributed by atoms with Crippen LogP contribution in [0.25, 0.3) is 0 Å². The Hall–Kier alpha value is -1.26. The van der Waals surface area contributed by atoms with Gasteiger partial charge in [-0.05, 0) is 39.0 Å². The summed E-state index contributed by atoms with van der Waals surface area (Å²) >= 11 is 5.73. The number of amides is 1. The van der Waals surface area contributed by atoms with E-state index in [1.165, 1.54) is 12.1 Å². The fraction of sp³-hybridized carbons (Fsp3) is 0.417. The Labute approximate surface area is 106 Å². The number of benzene rings is 1. The number of carbonyl (C=O) groups excluding carboxylic acids is 1. The number of hydrogen-bond acceptors (Lipinski definition) is 3. The molecule has 17 heavy (non-hydrogen) atoms. The molecule has 0 saturated heterocycles. The highest BCUT2D eigenvalue weighted by atomic mass is 35.5. The molecule has 0 atom stereocenters. The Morgan fingerprint density at radius 2 is 2.06 bits per heavy atom. The fourth-order valence-corrected chi connectivity index (χ4v) is 1.32. The second-order valence-electron chi connectivity index (χ2n) is 4.82. The van der Waals surface area contributed by atoms with Crippen molar-refractivity contribution in [3.8, 4) is 5.75 Å². The van der Waals surface area contributed by atoms with Gasteiger partial charge in [0, 0.05) is 11.2 Å². The molecule has 0 fully saturated rings. The summed E-state index contributed by atoms with van der Waals surface area (Å²) in [6.45, 7) is 6.18. The SMILES string of the molecule is CC(C)(C)NCC(=O)Nc1ccc(O)c(Cl)c1. The lowest BCUT2D eigenvalue weighted by molar-refractivity contribution is -0.115. The van der Waals surface area contributed by atoms with Crippen LogP contribution in [0.15, 0.2) is 18.2 Å². The van der Waals surface area contributed by atoms with Crippen LogP contribution in [0.2, 0.25) is 5.02 Å². The van der Waals surface area contributed by atoms with E-state index in [2.05, 4.69) is 10.6 Å². The Balaban J connectivity index is 2.54. The molecule has 94 valence electrons. The molecule has 0 spiro atoms. The maximum absolute atomic E-state index is 11.6. The van der Waals surface area contributed by atoms with Gasteiger partial charge in [-0.3, -0.25) is 4.79 Å². The van der Waals surface area contributed by atoms with Gasteiger partial charge in [-0.1, -0.05) is 11.6 Å². The molecule has 0 radical (unpaired) electrons. The molecule has 0 aromatic heterocycles. The zero-order valence-electron chi connectivity index (χ0n) is 10.2. The summed E-state index contributed by atoms with van der Waals surface area (Å²) in [6, 6.07) is 4.54. The molecule has 0 bridgehead atoms. The molecule has 0 unspecified atom stereocenters. The van der Waals surface area contributed by atoms with Crippen molar-refractivity contribution in [2.45, 2.75) is 26.3 Å². The van der Waals surface area contributed by atoms with Crippen molar-refractivity contribution in [1.29, 1.82) is 0 Å². The van der Waals surface area contributed by atoms with Gasteiger partial charge in [-0.25, -0.2) is 0 Å². The third-order valence-electron chi connectivity index (χ3n) is 2.01. The van der Waals surface area contributed by atoms with E-state index in [1.54, 1.807) is 6.07 Å². The molecule has 4 nitrogen and oxygen atoms in total. The van der Waals surface area contributed by atoms with E-state index < -0.39 is 0 Å². The van der Waals surface area contributed by atoms with Crippen molar-refractivity contribution < 1.29 is 9.90 Å². The maximum Gasteiger partial charge on any atom is 0.238 e. The van der Waals surface area contributed by atoms with Gasteiger partial charge in [0.05, 0.1) is 11.6 Å². The summed E-state index contributed by atoms with van der Waals surface area (Å²) in [6.07, 6.45) is 0. The lowest BCUT2D eigenvalue weighted by Crippen LogP contribution is -2.41. The van der Waals surface area contributed by atoms with Gasteiger partial charge < -0.3 is 15.7 Å². The topological polar surface area (TPSA) is 61.4 Å². The highest BCUT2D eigenvalue weighted by molar-refractivity contribution is 6.32. The van der Waals surface area contributed by atoms with Crippen LogP contribution in [0.5, 0.6) is 5.75 Å². The Morgan fingerprint density at radius 1 is 1.41 bits per heavy atom. The monoisotopic (exact) mass is 256 g/mol. The molecule has 0 aliphatic heterocycles. The van der Waals surface area contributed by atoms with Gasteiger partial charge in [0.15, 0.2) is 0 Å². The van der Waals surface area contributed by atoms with Crippen molar-refractivity contribution in [1.82, 2.24) is 5.32 Å². The van der Waals surface area contributed by atoms with Gasteiger partial charge in [0.1, 0.15) is 5.75 Å². The predicted molar refractivity (Wildman–Crippen MR) is 69.5 cm³/mol. The highest BCUT2D eigenvalue weighted by Crippen LogP contribution is 2.25. The quantitative estimate of drug-likeness (QED) is 0.728. The number of phenolic OH excluding ortho intramolecular Hbond substituents is 1. The Bertz CT molecular complexity index is 413. The number of nitrogens with one attached hydrogen (secondary N) is 2. The highest BCUT2D eigenvalue weighted by Gasteiger charge is 2.11. The largest absolute Gasteiger partial charge is 0.506 e. The van der Waals surface area contributed by atoms with E-state index in [-0.39, 0.29) is 28.8 Å². The molecule has 5 heteroatoms. The standard InChI is InChI=1S/C12H17ClN2O2/c1-12(2,3)14-7-11(17)15-8-4-5-10(16)9(13)6-8/h4-6,14,16H,7H2,1-3H3,(H,15,17). The van der Waals surface area contributed by atoms with Crippen LogP contribution in [-0.4, -0.2) is 23.1 Å². The average Bonchev–Trinajstić information content (AvgIpc) is 2.20. The van der Waals surface area contributed by atoms with Gasteiger partial charge in [-0.2, -0.15) is 0 Å². The third-order valence-corrected chi connectivity index (χ3v) is 2.31. The minimum Gasteiger partial charge on any atom is -0.506 e. The van der Waals surface area contributed by atoms with E-state index in [0.717, 1.165) is 0 Å². The second-order valence-corrected chi connectivity index (χ2v) is 5.23. The summed E-state index contributed by atoms with van der Waals surface area (Å²) in [5.74, 6) is -0.154. The van der Waals surface area contributed by atoms with Crippen molar-refractivity contribution in [3.05, 3.63) is 23.2 Å². The Morgan fingerprint density at radius 3 is 2.59 bits per heavy atom. The number of carbonyl (C=O) groups is 1. The van der Waals surface area contributed by atoms with Gasteiger partial charge >= 0.3 is 0 Å². The van der Waals surface area contributed by atoms with Crippen LogP contribution in [0.4, 0.5) is 5.69 Å². The number of rotatable bonds is 3. The normalized spacial score (nSPS) is 11.3. The van der Waals surface area contributed by atoms with Crippen LogP contribution in [-0.2, 0) is 4.79 Å². The maximum atomic E-state index is 11.6. The van der Waals surface area contributed by atoms with Crippen molar-refractivity contribution >= 4 is 23.2 Å². The first kappa shape index (κ1) is 13.8. The minimum absolute atomic E-state index is 0.00233. The molecule has 0 saturated carbocycles. The third kappa shape index (κ3) is 5.06. The van der Waals surface area contributed by atoms with Gasteiger partial charge in [0.2, 0.25) is 5.91 Å². The van der Waals surface area contributed by atoms with E-state index in [0.29, 0.717) is 5.69 Å². The van der Waals surface area contributed by atoms with Crippen LogP contribution >= 0.6 is 11.6 Å². The van der Waals surface area contributed by atoms with Gasteiger partial charge in [-0.15, -0.1) is 0 Å². The lowest BCUT2D eigenvalue weighted by atomic mass is 10.1. The number of phenols is 1. The molecule has 1 rings (SSSR count). The number of anilines is 1. The van der Waals surface area contributed by atoms with Crippen LogP contribution < -0.4 is 10.6 Å². The van der Waals surface area contributed by atoms with Crippen molar-refractivity contribution in [3.63, 3.8) is 0 Å². The molecule has 0 heterocycles. The molecule has 0 aliphatic carbocycles. The molecule has 0 aliphatic rings. The fourth-order valence-electron chi connectivity index (χ4n) is 1.14. The van der Waals surface area contributed by atoms with Crippen LogP contribution in [0.1, 0.15) is 20.8 Å². The molecule has 1 aromatic rings. The summed E-state index contributed by atoms with van der Waals surface area (Å²) in [7, 11) is 0. The number of aromatic hydroxyl groups is 1. The van der Waals surface area contributed by atoms with E-state index in [9.17, 15) is 9.90 Å².